The molecule has 260 valence electrons. The van der Waals surface area contributed by atoms with Crippen LogP contribution >= 0.6 is 0 Å². The monoisotopic (exact) mass is 655 g/mol. The maximum absolute atomic E-state index is 14.4. The molecule has 5 rings (SSSR count). The van der Waals surface area contributed by atoms with Gasteiger partial charge in [0.15, 0.2) is 5.78 Å². The van der Waals surface area contributed by atoms with Crippen molar-refractivity contribution in [2.75, 3.05) is 6.61 Å². The molecule has 47 heavy (non-hydrogen) atoms. The molecule has 1 aliphatic heterocycles. The Labute approximate surface area is 278 Å². The van der Waals surface area contributed by atoms with Gasteiger partial charge in [0.25, 0.3) is 0 Å². The summed E-state index contributed by atoms with van der Waals surface area (Å²) < 4.78 is 17.6. The summed E-state index contributed by atoms with van der Waals surface area (Å²) in [4.78, 5) is 41.3. The molecule has 10 heteroatoms. The highest BCUT2D eigenvalue weighted by Crippen LogP contribution is 2.66. The Morgan fingerprint density at radius 2 is 1.70 bits per heavy atom. The van der Waals surface area contributed by atoms with Gasteiger partial charge in [0.05, 0.1) is 41.8 Å². The molecule has 1 aromatic rings. The maximum atomic E-state index is 14.4. The number of alkyl carbamates (subject to hydrolysis) is 1. The number of Topliss-reactive ketones (excluding diaryl/α,β-unsaturated/α-hetero) is 1. The van der Waals surface area contributed by atoms with Crippen LogP contribution in [0.2, 0.25) is 0 Å². The number of fused-ring (bicyclic) bond motifs is 5. The fourth-order valence-corrected chi connectivity index (χ4v) is 9.55. The summed E-state index contributed by atoms with van der Waals surface area (Å²) in [7, 11) is 0. The van der Waals surface area contributed by atoms with Gasteiger partial charge >= 0.3 is 12.1 Å². The number of amides is 1. The Hall–Kier alpha value is -2.79. The molecular formula is C37H53NO9. The molecule has 1 amide bonds. The average Bonchev–Trinajstić information content (AvgIpc) is 2.98. The summed E-state index contributed by atoms with van der Waals surface area (Å²) in [5.41, 5.74) is -3.74. The third-order valence-corrected chi connectivity index (χ3v) is 12.2. The van der Waals surface area contributed by atoms with E-state index in [1.54, 1.807) is 53.7 Å². The lowest BCUT2D eigenvalue weighted by atomic mass is 9.40. The van der Waals surface area contributed by atoms with Crippen molar-refractivity contribution in [2.45, 2.75) is 124 Å². The summed E-state index contributed by atoms with van der Waals surface area (Å²) in [5, 5.41) is 39.1. The number of hydrogen-bond donors (Lipinski definition) is 4. The topological polar surface area (TPSA) is 152 Å². The maximum Gasteiger partial charge on any atom is 0.408 e. The molecule has 4 aliphatic rings. The fraction of sp³-hybridized carbons (Fsp3) is 0.703. The summed E-state index contributed by atoms with van der Waals surface area (Å²) in [6.07, 6.45) is -4.32. The lowest BCUT2D eigenvalue weighted by Crippen LogP contribution is -2.75. The Bertz CT molecular complexity index is 1450. The molecule has 1 unspecified atom stereocenters. The van der Waals surface area contributed by atoms with E-state index in [1.165, 1.54) is 0 Å². The van der Waals surface area contributed by atoms with Crippen molar-refractivity contribution in [1.82, 2.24) is 5.32 Å². The third-order valence-electron chi connectivity index (χ3n) is 12.2. The van der Waals surface area contributed by atoms with Crippen LogP contribution in [-0.2, 0) is 23.8 Å². The fourth-order valence-electron chi connectivity index (χ4n) is 9.55. The number of carbonyl (C=O) groups is 3. The molecule has 1 heterocycles. The number of esters is 1. The number of ketones is 1. The number of benzene rings is 1. The summed E-state index contributed by atoms with van der Waals surface area (Å²) in [6.45, 7) is 18.3. The number of carbonyl (C=O) groups excluding carboxylic acids is 3. The molecule has 3 aliphatic carbocycles. The number of aliphatic hydroxyl groups is 3. The summed E-state index contributed by atoms with van der Waals surface area (Å²) >= 11 is 0. The second-order valence-electron chi connectivity index (χ2n) is 16.5. The van der Waals surface area contributed by atoms with E-state index >= 15 is 0 Å². The van der Waals surface area contributed by atoms with E-state index in [4.69, 9.17) is 14.2 Å². The SMILES string of the molecule is CC1=C2[C@@H](O)C(=O)[C@@]3(C)C([C@H](C)[C@](O)(C[C@@H]1OC(=O)[C@H](C)[C@@H](NC(=O)OC(C)(C)C)c1ccccc1)C2(C)C)[C@]1(C)CO[C@@H]1C[C@@H]3O. The van der Waals surface area contributed by atoms with E-state index in [1.807, 2.05) is 45.9 Å². The Morgan fingerprint density at radius 3 is 2.26 bits per heavy atom. The van der Waals surface area contributed by atoms with Crippen LogP contribution in [0.4, 0.5) is 4.79 Å². The highest BCUT2D eigenvalue weighted by atomic mass is 16.6. The number of aliphatic hydroxyl groups excluding tert-OH is 2. The van der Waals surface area contributed by atoms with E-state index in [2.05, 4.69) is 5.32 Å². The first-order valence-corrected chi connectivity index (χ1v) is 16.8. The quantitative estimate of drug-likeness (QED) is 0.263. The van der Waals surface area contributed by atoms with Crippen LogP contribution in [0.25, 0.3) is 0 Å². The van der Waals surface area contributed by atoms with Crippen LogP contribution in [0.3, 0.4) is 0 Å². The zero-order valence-corrected chi connectivity index (χ0v) is 29.4. The molecule has 10 nitrogen and oxygen atoms in total. The van der Waals surface area contributed by atoms with E-state index in [0.717, 1.165) is 0 Å². The minimum Gasteiger partial charge on any atom is -0.457 e. The number of hydrogen-bond acceptors (Lipinski definition) is 9. The van der Waals surface area contributed by atoms with Crippen LogP contribution in [0.1, 0.15) is 93.7 Å². The predicted molar refractivity (Wildman–Crippen MR) is 174 cm³/mol. The molecule has 1 saturated heterocycles. The van der Waals surface area contributed by atoms with Crippen LogP contribution in [0.15, 0.2) is 41.5 Å². The van der Waals surface area contributed by atoms with E-state index in [0.29, 0.717) is 23.3 Å². The highest BCUT2D eigenvalue weighted by molar-refractivity contribution is 5.93. The normalized spacial score (nSPS) is 39.2. The lowest BCUT2D eigenvalue weighted by Gasteiger charge is -2.68. The zero-order valence-electron chi connectivity index (χ0n) is 29.4. The molecule has 0 spiro atoms. The second-order valence-corrected chi connectivity index (χ2v) is 16.5. The van der Waals surface area contributed by atoms with Crippen molar-refractivity contribution < 1.29 is 43.9 Å². The van der Waals surface area contributed by atoms with E-state index in [-0.39, 0.29) is 18.9 Å². The predicted octanol–water partition coefficient (Wildman–Crippen LogP) is 4.65. The Balaban J connectivity index is 1.53. The van der Waals surface area contributed by atoms with Gasteiger partial charge in [-0.25, -0.2) is 4.79 Å². The van der Waals surface area contributed by atoms with Gasteiger partial charge in [0.2, 0.25) is 0 Å². The van der Waals surface area contributed by atoms with Crippen molar-refractivity contribution >= 4 is 17.8 Å². The Morgan fingerprint density at radius 1 is 1.09 bits per heavy atom. The van der Waals surface area contributed by atoms with Gasteiger partial charge in [-0.3, -0.25) is 9.59 Å². The van der Waals surface area contributed by atoms with Gasteiger partial charge in [0, 0.05) is 23.7 Å². The third kappa shape index (κ3) is 5.43. The molecule has 11 atom stereocenters. The molecule has 0 radical (unpaired) electrons. The van der Waals surface area contributed by atoms with Gasteiger partial charge in [-0.15, -0.1) is 0 Å². The van der Waals surface area contributed by atoms with Crippen LogP contribution < -0.4 is 5.32 Å². The molecule has 2 saturated carbocycles. The first kappa shape index (κ1) is 35.5. The molecule has 4 N–H and O–H groups in total. The number of nitrogens with one attached hydrogen (secondary N) is 1. The zero-order chi connectivity index (χ0) is 35.1. The molecule has 3 fully saturated rings. The first-order valence-electron chi connectivity index (χ1n) is 16.8. The highest BCUT2D eigenvalue weighted by Gasteiger charge is 2.72. The minimum absolute atomic E-state index is 0.0235. The van der Waals surface area contributed by atoms with Crippen molar-refractivity contribution in [3.05, 3.63) is 47.0 Å². The van der Waals surface area contributed by atoms with Crippen LogP contribution in [0.5, 0.6) is 0 Å². The summed E-state index contributed by atoms with van der Waals surface area (Å²) in [6, 6.07) is 8.29. The lowest BCUT2D eigenvalue weighted by molar-refractivity contribution is -0.302. The smallest absolute Gasteiger partial charge is 0.408 e. The van der Waals surface area contributed by atoms with Crippen molar-refractivity contribution in [3.8, 4) is 0 Å². The van der Waals surface area contributed by atoms with Gasteiger partial charge in [-0.1, -0.05) is 58.0 Å². The van der Waals surface area contributed by atoms with Gasteiger partial charge in [0.1, 0.15) is 17.8 Å². The van der Waals surface area contributed by atoms with Crippen molar-refractivity contribution in [3.63, 3.8) is 0 Å². The van der Waals surface area contributed by atoms with E-state index < -0.39 is 87.4 Å². The van der Waals surface area contributed by atoms with E-state index in [9.17, 15) is 29.7 Å². The van der Waals surface area contributed by atoms with Crippen molar-refractivity contribution in [1.29, 1.82) is 0 Å². The second kappa shape index (κ2) is 11.7. The van der Waals surface area contributed by atoms with Gasteiger partial charge in [-0.05, 0) is 70.1 Å². The molecule has 1 aromatic carbocycles. The molecular weight excluding hydrogens is 602 g/mol. The largest absolute Gasteiger partial charge is 0.457 e. The van der Waals surface area contributed by atoms with Crippen LogP contribution in [0, 0.1) is 34.0 Å². The molecule has 0 aromatic heterocycles. The number of rotatable bonds is 5. The van der Waals surface area contributed by atoms with Gasteiger partial charge in [-0.2, -0.15) is 0 Å². The number of ether oxygens (including phenoxy) is 3. The Kier molecular flexibility index (Phi) is 8.82. The first-order chi connectivity index (χ1) is 21.6. The average molecular weight is 656 g/mol. The van der Waals surface area contributed by atoms with Crippen molar-refractivity contribution in [2.24, 2.45) is 34.0 Å². The molecule has 2 bridgehead atoms. The standard InChI is InChI=1S/C37H53NO9/c1-19-23(46-31(42)20(2)27(22-14-12-11-13-15-22)38-32(43)47-33(4,5)6)17-37(44)21(3)29-35(9)18-45-25(35)16-24(39)36(29,10)30(41)28(40)26(19)34(37,7)8/h11-15,20-21,23-25,27-29,39-40,44H,16-18H2,1-10H3,(H,38,43)/t20-,21+,23+,24+,25-,27-,28-,29?,35-,36-,37-/m1/s1. The summed E-state index contributed by atoms with van der Waals surface area (Å²) in [5.74, 6) is -3.07. The van der Waals surface area contributed by atoms with Crippen LogP contribution in [-0.4, -0.2) is 75.4 Å². The van der Waals surface area contributed by atoms with Gasteiger partial charge < -0.3 is 34.8 Å². The minimum atomic E-state index is -1.63.